The number of aryl methyl sites for hydroxylation is 3. The van der Waals surface area contributed by atoms with Gasteiger partial charge in [-0.3, -0.25) is 4.68 Å². The first-order valence-electron chi connectivity index (χ1n) is 6.40. The van der Waals surface area contributed by atoms with Crippen LogP contribution in [0.4, 0.5) is 0 Å². The van der Waals surface area contributed by atoms with Crippen LogP contribution >= 0.6 is 0 Å². The lowest BCUT2D eigenvalue weighted by Gasteiger charge is -2.14. The minimum atomic E-state index is 0.643. The van der Waals surface area contributed by atoms with E-state index < -0.39 is 0 Å². The summed E-state index contributed by atoms with van der Waals surface area (Å²) in [4.78, 5) is 0. The third kappa shape index (κ3) is 3.63. The van der Waals surface area contributed by atoms with Gasteiger partial charge in [0.15, 0.2) is 0 Å². The molecule has 0 saturated carbocycles. The third-order valence-corrected chi connectivity index (χ3v) is 3.18. The largest absolute Gasteiger partial charge is 0.317 e. The molecule has 0 spiro atoms. The predicted molar refractivity (Wildman–Crippen MR) is 68.7 cm³/mol. The third-order valence-electron chi connectivity index (χ3n) is 3.18. The van der Waals surface area contributed by atoms with Crippen LogP contribution in [0.3, 0.4) is 0 Å². The molecule has 16 heavy (non-hydrogen) atoms. The van der Waals surface area contributed by atoms with Crippen LogP contribution in [0.15, 0.2) is 6.07 Å². The van der Waals surface area contributed by atoms with Gasteiger partial charge in [0, 0.05) is 18.8 Å². The van der Waals surface area contributed by atoms with Crippen molar-refractivity contribution in [1.29, 1.82) is 0 Å². The molecule has 1 unspecified atom stereocenters. The van der Waals surface area contributed by atoms with Crippen molar-refractivity contribution in [2.45, 2.75) is 52.0 Å². The second-order valence-electron chi connectivity index (χ2n) is 4.42. The first kappa shape index (κ1) is 13.2. The Morgan fingerprint density at radius 2 is 2.12 bits per heavy atom. The molecule has 1 N–H and O–H groups in total. The summed E-state index contributed by atoms with van der Waals surface area (Å²) >= 11 is 0. The van der Waals surface area contributed by atoms with Crippen molar-refractivity contribution in [3.05, 3.63) is 17.5 Å². The molecular weight excluding hydrogens is 198 g/mol. The van der Waals surface area contributed by atoms with Crippen molar-refractivity contribution in [2.24, 2.45) is 7.05 Å². The number of aromatic nitrogens is 2. The molecule has 0 fully saturated rings. The van der Waals surface area contributed by atoms with Gasteiger partial charge in [0.25, 0.3) is 0 Å². The SMILES string of the molecule is CCCC(CCc1cc(CC)nn1C)NC. The molecule has 1 aromatic rings. The van der Waals surface area contributed by atoms with E-state index in [1.807, 2.05) is 11.7 Å². The minimum absolute atomic E-state index is 0.643. The zero-order valence-corrected chi connectivity index (χ0v) is 11.1. The maximum absolute atomic E-state index is 4.48. The molecule has 0 saturated heterocycles. The fourth-order valence-electron chi connectivity index (χ4n) is 2.08. The normalized spacial score (nSPS) is 13.0. The van der Waals surface area contributed by atoms with Crippen molar-refractivity contribution in [1.82, 2.24) is 15.1 Å². The summed E-state index contributed by atoms with van der Waals surface area (Å²) in [7, 11) is 4.10. The number of rotatable bonds is 7. The number of hydrogen-bond donors (Lipinski definition) is 1. The van der Waals surface area contributed by atoms with E-state index in [0.29, 0.717) is 6.04 Å². The summed E-state index contributed by atoms with van der Waals surface area (Å²) < 4.78 is 2.03. The van der Waals surface area contributed by atoms with Crippen LogP contribution in [-0.2, 0) is 19.9 Å². The number of hydrogen-bond acceptors (Lipinski definition) is 2. The van der Waals surface area contributed by atoms with Gasteiger partial charge in [-0.2, -0.15) is 5.10 Å². The maximum Gasteiger partial charge on any atom is 0.0624 e. The van der Waals surface area contributed by atoms with E-state index in [9.17, 15) is 0 Å². The smallest absolute Gasteiger partial charge is 0.0624 e. The Morgan fingerprint density at radius 3 is 2.62 bits per heavy atom. The Bertz CT molecular complexity index is 304. The number of nitrogens with one attached hydrogen (secondary N) is 1. The van der Waals surface area contributed by atoms with Crippen molar-refractivity contribution in [2.75, 3.05) is 7.05 Å². The lowest BCUT2D eigenvalue weighted by Crippen LogP contribution is -2.25. The maximum atomic E-state index is 4.48. The average molecular weight is 223 g/mol. The Kier molecular flexibility index (Phi) is 5.53. The molecule has 3 heteroatoms. The van der Waals surface area contributed by atoms with Gasteiger partial charge in [-0.25, -0.2) is 0 Å². The Hall–Kier alpha value is -0.830. The van der Waals surface area contributed by atoms with E-state index in [2.05, 4.69) is 37.4 Å². The van der Waals surface area contributed by atoms with Crippen molar-refractivity contribution in [3.63, 3.8) is 0 Å². The summed E-state index contributed by atoms with van der Waals surface area (Å²) in [5, 5.41) is 7.86. The van der Waals surface area contributed by atoms with Crippen molar-refractivity contribution in [3.8, 4) is 0 Å². The number of nitrogens with zero attached hydrogens (tertiary/aromatic N) is 2. The van der Waals surface area contributed by atoms with Gasteiger partial charge in [-0.1, -0.05) is 20.3 Å². The van der Waals surface area contributed by atoms with Gasteiger partial charge < -0.3 is 5.32 Å². The highest BCUT2D eigenvalue weighted by Crippen LogP contribution is 2.10. The van der Waals surface area contributed by atoms with Crippen molar-refractivity contribution < 1.29 is 0 Å². The Morgan fingerprint density at radius 1 is 1.38 bits per heavy atom. The molecule has 0 aliphatic rings. The highest BCUT2D eigenvalue weighted by atomic mass is 15.3. The summed E-state index contributed by atoms with van der Waals surface area (Å²) in [6, 6.07) is 2.88. The summed E-state index contributed by atoms with van der Waals surface area (Å²) in [5.74, 6) is 0. The Labute approximate surface area is 99.2 Å². The highest BCUT2D eigenvalue weighted by molar-refractivity contribution is 5.10. The zero-order valence-electron chi connectivity index (χ0n) is 11.1. The van der Waals surface area contributed by atoms with Gasteiger partial charge >= 0.3 is 0 Å². The molecule has 1 atom stereocenters. The van der Waals surface area contributed by atoms with Crippen LogP contribution in [0, 0.1) is 0 Å². The molecule has 0 amide bonds. The van der Waals surface area contributed by atoms with Gasteiger partial charge in [-0.05, 0) is 38.8 Å². The van der Waals surface area contributed by atoms with Gasteiger partial charge in [0.1, 0.15) is 0 Å². The lowest BCUT2D eigenvalue weighted by molar-refractivity contribution is 0.477. The van der Waals surface area contributed by atoms with E-state index in [-0.39, 0.29) is 0 Å². The van der Waals surface area contributed by atoms with E-state index >= 15 is 0 Å². The van der Waals surface area contributed by atoms with E-state index in [0.717, 1.165) is 12.8 Å². The highest BCUT2D eigenvalue weighted by Gasteiger charge is 2.08. The van der Waals surface area contributed by atoms with Crippen LogP contribution < -0.4 is 5.32 Å². The average Bonchev–Trinajstić information content (AvgIpc) is 2.65. The Balaban J connectivity index is 2.49. The molecule has 1 rings (SSSR count). The van der Waals surface area contributed by atoms with Gasteiger partial charge in [-0.15, -0.1) is 0 Å². The molecule has 92 valence electrons. The summed E-state index contributed by atoms with van der Waals surface area (Å²) in [5.41, 5.74) is 2.56. The fraction of sp³-hybridized carbons (Fsp3) is 0.769. The van der Waals surface area contributed by atoms with E-state index in [1.54, 1.807) is 0 Å². The van der Waals surface area contributed by atoms with Gasteiger partial charge in [0.05, 0.1) is 5.69 Å². The topological polar surface area (TPSA) is 29.9 Å². The molecule has 0 aromatic carbocycles. The van der Waals surface area contributed by atoms with Gasteiger partial charge in [0.2, 0.25) is 0 Å². The zero-order chi connectivity index (χ0) is 12.0. The lowest BCUT2D eigenvalue weighted by atomic mass is 10.0. The molecule has 0 aliphatic carbocycles. The van der Waals surface area contributed by atoms with E-state index in [4.69, 9.17) is 0 Å². The van der Waals surface area contributed by atoms with Crippen molar-refractivity contribution >= 4 is 0 Å². The fourth-order valence-corrected chi connectivity index (χ4v) is 2.08. The quantitative estimate of drug-likeness (QED) is 0.768. The van der Waals surface area contributed by atoms with Crippen LogP contribution in [0.1, 0.15) is 44.5 Å². The molecule has 1 aromatic heterocycles. The molecular formula is C13H25N3. The molecule has 1 heterocycles. The molecule has 0 bridgehead atoms. The first-order valence-corrected chi connectivity index (χ1v) is 6.40. The standard InChI is InChI=1S/C13H25N3/c1-5-7-12(14-3)8-9-13-10-11(6-2)15-16(13)4/h10,12,14H,5-9H2,1-4H3. The van der Waals surface area contributed by atoms with Crippen LogP contribution in [0.25, 0.3) is 0 Å². The van der Waals surface area contributed by atoms with E-state index in [1.165, 1.54) is 30.7 Å². The monoisotopic (exact) mass is 223 g/mol. The molecule has 0 aliphatic heterocycles. The molecule has 3 nitrogen and oxygen atoms in total. The second kappa shape index (κ2) is 6.69. The predicted octanol–water partition coefficient (Wildman–Crippen LogP) is 2.30. The molecule has 0 radical (unpaired) electrons. The van der Waals surface area contributed by atoms with Crippen LogP contribution in [0.2, 0.25) is 0 Å². The van der Waals surface area contributed by atoms with Crippen LogP contribution in [-0.4, -0.2) is 22.9 Å². The second-order valence-corrected chi connectivity index (χ2v) is 4.42. The summed E-state index contributed by atoms with van der Waals surface area (Å²) in [6.07, 6.45) is 5.85. The summed E-state index contributed by atoms with van der Waals surface area (Å²) in [6.45, 7) is 4.39. The minimum Gasteiger partial charge on any atom is -0.317 e. The van der Waals surface area contributed by atoms with Crippen LogP contribution in [0.5, 0.6) is 0 Å². The first-order chi connectivity index (χ1) is 7.71.